The molecule has 0 saturated carbocycles. The first-order chi connectivity index (χ1) is 19.7. The van der Waals surface area contributed by atoms with Crippen LogP contribution in [-0.4, -0.2) is 50.6 Å². The molecule has 0 unspecified atom stereocenters. The Labute approximate surface area is 238 Å². The van der Waals surface area contributed by atoms with Gasteiger partial charge in [0.2, 0.25) is 5.91 Å². The molecule has 0 aliphatic carbocycles. The molecule has 41 heavy (non-hydrogen) atoms. The van der Waals surface area contributed by atoms with Gasteiger partial charge in [-0.05, 0) is 66.6 Å². The molecule has 0 spiro atoms. The van der Waals surface area contributed by atoms with Gasteiger partial charge in [0.25, 0.3) is 5.91 Å². The number of esters is 2. The summed E-state index contributed by atoms with van der Waals surface area (Å²) in [4.78, 5) is 51.1. The van der Waals surface area contributed by atoms with Crippen molar-refractivity contribution in [3.8, 4) is 17.2 Å². The summed E-state index contributed by atoms with van der Waals surface area (Å²) in [6, 6.07) is 20.4. The zero-order valence-corrected chi connectivity index (χ0v) is 23.1. The molecule has 10 nitrogen and oxygen atoms in total. The Balaban J connectivity index is 1.25. The SMILES string of the molecule is COc1ccccc1Oc1ccc(N2C[C@H](C(=O)OCC(=O)Nc3ccc(C(=O)OCC(C)C)cc3)CC2=O)cc1. The Morgan fingerprint density at radius 2 is 1.61 bits per heavy atom. The third-order valence-corrected chi connectivity index (χ3v) is 6.20. The first-order valence-electron chi connectivity index (χ1n) is 13.2. The Morgan fingerprint density at radius 1 is 0.927 bits per heavy atom. The number of carbonyl (C=O) groups excluding carboxylic acids is 4. The van der Waals surface area contributed by atoms with Crippen molar-refractivity contribution in [3.05, 3.63) is 78.4 Å². The van der Waals surface area contributed by atoms with Crippen molar-refractivity contribution >= 4 is 35.1 Å². The minimum Gasteiger partial charge on any atom is -0.493 e. The van der Waals surface area contributed by atoms with E-state index in [-0.39, 0.29) is 24.8 Å². The van der Waals surface area contributed by atoms with E-state index in [1.54, 1.807) is 67.8 Å². The van der Waals surface area contributed by atoms with Crippen molar-refractivity contribution < 1.29 is 38.1 Å². The summed E-state index contributed by atoms with van der Waals surface area (Å²) in [6.07, 6.45) is -0.0196. The molecule has 1 atom stereocenters. The van der Waals surface area contributed by atoms with E-state index in [1.807, 2.05) is 26.0 Å². The van der Waals surface area contributed by atoms with Crippen molar-refractivity contribution in [1.29, 1.82) is 0 Å². The summed E-state index contributed by atoms with van der Waals surface area (Å²) in [5, 5.41) is 2.61. The molecule has 0 bridgehead atoms. The van der Waals surface area contributed by atoms with Crippen LogP contribution in [0.3, 0.4) is 0 Å². The average Bonchev–Trinajstić information content (AvgIpc) is 3.37. The van der Waals surface area contributed by atoms with Crippen molar-refractivity contribution in [3.63, 3.8) is 0 Å². The number of ether oxygens (including phenoxy) is 4. The van der Waals surface area contributed by atoms with E-state index >= 15 is 0 Å². The van der Waals surface area contributed by atoms with Gasteiger partial charge in [0.05, 0.1) is 25.2 Å². The van der Waals surface area contributed by atoms with Crippen LogP contribution in [0.25, 0.3) is 0 Å². The zero-order valence-electron chi connectivity index (χ0n) is 23.1. The first-order valence-corrected chi connectivity index (χ1v) is 13.2. The van der Waals surface area contributed by atoms with Crippen LogP contribution in [0.1, 0.15) is 30.6 Å². The van der Waals surface area contributed by atoms with E-state index in [9.17, 15) is 19.2 Å². The van der Waals surface area contributed by atoms with Crippen LogP contribution in [0.15, 0.2) is 72.8 Å². The predicted molar refractivity (Wildman–Crippen MR) is 151 cm³/mol. The molecule has 1 heterocycles. The van der Waals surface area contributed by atoms with Gasteiger partial charge in [-0.25, -0.2) is 4.79 Å². The molecule has 1 aliphatic rings. The highest BCUT2D eigenvalue weighted by Gasteiger charge is 2.36. The molecule has 1 saturated heterocycles. The van der Waals surface area contributed by atoms with Crippen LogP contribution in [0, 0.1) is 11.8 Å². The third-order valence-electron chi connectivity index (χ3n) is 6.20. The van der Waals surface area contributed by atoms with Crippen LogP contribution < -0.4 is 19.7 Å². The molecule has 4 rings (SSSR count). The van der Waals surface area contributed by atoms with E-state index in [0.29, 0.717) is 40.8 Å². The van der Waals surface area contributed by atoms with Gasteiger partial charge in [-0.3, -0.25) is 14.4 Å². The number of carbonyl (C=O) groups is 4. The summed E-state index contributed by atoms with van der Waals surface area (Å²) in [5.41, 5.74) is 1.42. The lowest BCUT2D eigenvalue weighted by Gasteiger charge is -2.17. The predicted octanol–water partition coefficient (Wildman–Crippen LogP) is 4.84. The molecule has 214 valence electrons. The van der Waals surface area contributed by atoms with E-state index in [0.717, 1.165) is 0 Å². The van der Waals surface area contributed by atoms with Gasteiger partial charge >= 0.3 is 11.9 Å². The van der Waals surface area contributed by atoms with Crippen LogP contribution in [0.2, 0.25) is 0 Å². The van der Waals surface area contributed by atoms with Crippen LogP contribution >= 0.6 is 0 Å². The number of amides is 2. The molecular weight excluding hydrogens is 528 g/mol. The summed E-state index contributed by atoms with van der Waals surface area (Å²) < 4.78 is 21.5. The van der Waals surface area contributed by atoms with Gasteiger partial charge in [0.15, 0.2) is 18.1 Å². The van der Waals surface area contributed by atoms with E-state index < -0.39 is 30.4 Å². The quantitative estimate of drug-likeness (QED) is 0.331. The maximum Gasteiger partial charge on any atom is 0.338 e. The summed E-state index contributed by atoms with van der Waals surface area (Å²) in [5.74, 6) is -0.587. The van der Waals surface area contributed by atoms with Gasteiger partial charge in [-0.2, -0.15) is 0 Å². The van der Waals surface area contributed by atoms with Crippen molar-refractivity contribution in [2.45, 2.75) is 20.3 Å². The first kappa shape index (κ1) is 29.1. The summed E-state index contributed by atoms with van der Waals surface area (Å²) >= 11 is 0. The molecule has 10 heteroatoms. The highest BCUT2D eigenvalue weighted by Crippen LogP contribution is 2.33. The van der Waals surface area contributed by atoms with Gasteiger partial charge in [0.1, 0.15) is 5.75 Å². The third kappa shape index (κ3) is 7.84. The number of rotatable bonds is 11. The van der Waals surface area contributed by atoms with E-state index in [2.05, 4.69) is 5.32 Å². The number of para-hydroxylation sites is 2. The molecule has 1 N–H and O–H groups in total. The maximum atomic E-state index is 12.6. The highest BCUT2D eigenvalue weighted by molar-refractivity contribution is 6.00. The van der Waals surface area contributed by atoms with Gasteiger partial charge in [-0.15, -0.1) is 0 Å². The lowest BCUT2D eigenvalue weighted by molar-refractivity contribution is -0.151. The lowest BCUT2D eigenvalue weighted by Crippen LogP contribution is -2.28. The molecule has 2 amide bonds. The van der Waals surface area contributed by atoms with Crippen LogP contribution in [-0.2, 0) is 23.9 Å². The molecule has 1 aliphatic heterocycles. The van der Waals surface area contributed by atoms with Crippen LogP contribution in [0.5, 0.6) is 17.2 Å². The van der Waals surface area contributed by atoms with Crippen molar-refractivity contribution in [1.82, 2.24) is 0 Å². The van der Waals surface area contributed by atoms with Crippen molar-refractivity contribution in [2.24, 2.45) is 11.8 Å². The fourth-order valence-electron chi connectivity index (χ4n) is 4.11. The maximum absolute atomic E-state index is 12.6. The Kier molecular flexibility index (Phi) is 9.57. The largest absolute Gasteiger partial charge is 0.493 e. The number of hydrogen-bond acceptors (Lipinski definition) is 8. The number of hydrogen-bond donors (Lipinski definition) is 1. The smallest absolute Gasteiger partial charge is 0.338 e. The minimum absolute atomic E-state index is 0.0196. The Morgan fingerprint density at radius 3 is 2.27 bits per heavy atom. The van der Waals surface area contributed by atoms with Gasteiger partial charge < -0.3 is 29.2 Å². The fourth-order valence-corrected chi connectivity index (χ4v) is 4.11. The second-order valence-electron chi connectivity index (χ2n) is 9.88. The normalized spacial score (nSPS) is 14.5. The van der Waals surface area contributed by atoms with E-state index in [1.165, 1.54) is 4.90 Å². The lowest BCUT2D eigenvalue weighted by atomic mass is 10.1. The number of benzene rings is 3. The number of nitrogens with one attached hydrogen (secondary N) is 1. The molecule has 1 fully saturated rings. The van der Waals surface area contributed by atoms with Crippen molar-refractivity contribution in [2.75, 3.05) is 37.1 Å². The highest BCUT2D eigenvalue weighted by atomic mass is 16.5. The van der Waals surface area contributed by atoms with Crippen LogP contribution in [0.4, 0.5) is 11.4 Å². The minimum atomic E-state index is -0.698. The van der Waals surface area contributed by atoms with E-state index in [4.69, 9.17) is 18.9 Å². The second-order valence-corrected chi connectivity index (χ2v) is 9.88. The number of anilines is 2. The molecular formula is C31H32N2O8. The van der Waals surface area contributed by atoms with Gasteiger partial charge in [0, 0.05) is 24.3 Å². The second kappa shape index (κ2) is 13.5. The Bertz CT molecular complexity index is 1390. The summed E-state index contributed by atoms with van der Waals surface area (Å²) in [6.45, 7) is 3.84. The summed E-state index contributed by atoms with van der Waals surface area (Å²) in [7, 11) is 1.56. The topological polar surface area (TPSA) is 120 Å². The Hall–Kier alpha value is -4.86. The average molecular weight is 561 g/mol. The monoisotopic (exact) mass is 560 g/mol. The molecule has 0 aromatic heterocycles. The molecule has 0 radical (unpaired) electrons. The fraction of sp³-hybridized carbons (Fsp3) is 0.290. The number of methoxy groups -OCH3 is 1. The molecule has 3 aromatic rings. The standard InChI is InChI=1S/C31H32N2O8/c1-20(2)18-39-30(36)21-8-10-23(11-9-21)32-28(34)19-40-31(37)22-16-29(35)33(17-22)24-12-14-25(15-13-24)41-27-7-5-4-6-26(27)38-3/h4-15,20,22H,16-19H2,1-3H3,(H,32,34)/t22-/m1/s1. The molecule has 3 aromatic carbocycles. The zero-order chi connectivity index (χ0) is 29.4. The van der Waals surface area contributed by atoms with Gasteiger partial charge in [-0.1, -0.05) is 26.0 Å². The number of nitrogens with zero attached hydrogens (tertiary/aromatic N) is 1.